The van der Waals surface area contributed by atoms with Crippen LogP contribution in [0, 0.1) is 29.4 Å². The second kappa shape index (κ2) is 8.77. The average Bonchev–Trinajstić information content (AvgIpc) is 2.74. The van der Waals surface area contributed by atoms with Crippen LogP contribution in [-0.2, 0) is 4.79 Å². The fraction of sp³-hybridized carbons (Fsp3) is 0.250. The van der Waals surface area contributed by atoms with Gasteiger partial charge in [0.05, 0.1) is 5.41 Å². The van der Waals surface area contributed by atoms with Gasteiger partial charge in [0.15, 0.2) is 0 Å². The molecule has 0 aromatic heterocycles. The molecule has 1 unspecified atom stereocenters. The number of carbonyl (C=O) groups excluding carboxylic acids is 1. The highest BCUT2D eigenvalue weighted by Gasteiger charge is 2.42. The number of nitrogens with one attached hydrogen (secondary N) is 2. The summed E-state index contributed by atoms with van der Waals surface area (Å²) in [6, 6.07) is 11.0. The number of allylic oxidation sites excluding steroid dienone is 2. The second-order valence-electron chi connectivity index (χ2n) is 8.00. The predicted molar refractivity (Wildman–Crippen MR) is 120 cm³/mol. The number of aldehydes is 1. The van der Waals surface area contributed by atoms with E-state index < -0.39 is 5.41 Å². The number of fused-ring (bicyclic) bond motifs is 1. The maximum atomic E-state index is 13.8. The molecule has 0 spiro atoms. The van der Waals surface area contributed by atoms with E-state index in [2.05, 4.69) is 9.62 Å². The number of piperidine rings is 1. The molecule has 1 aliphatic carbocycles. The van der Waals surface area contributed by atoms with Crippen LogP contribution in [0.25, 0.3) is 0 Å². The zero-order chi connectivity index (χ0) is 22.0. The number of benzene rings is 2. The zero-order valence-corrected chi connectivity index (χ0v) is 17.9. The molecule has 160 valence electrons. The van der Waals surface area contributed by atoms with Gasteiger partial charge < -0.3 is 15.5 Å². The molecule has 2 aliphatic rings. The van der Waals surface area contributed by atoms with Gasteiger partial charge in [-0.25, -0.2) is 13.1 Å². The molecule has 2 N–H and O–H groups in total. The van der Waals surface area contributed by atoms with Crippen molar-refractivity contribution in [2.75, 3.05) is 18.4 Å². The molecular weight excluding hydrogens is 416 g/mol. The standard InChI is InChI=1S/C24H23F2N3OS/c1-16-8-20(26)11-22(9-16)31-29-7-6-18-10-23(28-21-4-2-19(25)3-5-21)17(13-27)12-24(18,14-29)15-30/h2-5,8-11,13,15,27-28H,6-7,12,14H2,1H3. The molecule has 1 heterocycles. The summed E-state index contributed by atoms with van der Waals surface area (Å²) >= 11 is 1.46. The molecule has 1 aliphatic heterocycles. The fourth-order valence-corrected chi connectivity index (χ4v) is 5.33. The van der Waals surface area contributed by atoms with Crippen LogP contribution in [0.4, 0.5) is 14.5 Å². The van der Waals surface area contributed by atoms with Crippen molar-refractivity contribution < 1.29 is 13.6 Å². The molecule has 7 heteroatoms. The van der Waals surface area contributed by atoms with Crippen LogP contribution in [0.3, 0.4) is 0 Å². The number of halogens is 2. The van der Waals surface area contributed by atoms with Crippen LogP contribution in [0.5, 0.6) is 0 Å². The Labute approximate surface area is 184 Å². The van der Waals surface area contributed by atoms with Crippen molar-refractivity contribution in [3.8, 4) is 0 Å². The molecule has 0 bridgehead atoms. The van der Waals surface area contributed by atoms with E-state index >= 15 is 0 Å². The first-order chi connectivity index (χ1) is 14.9. The number of carbonyl (C=O) groups is 1. The SMILES string of the molecule is Cc1cc(F)cc(SN2CCC3=CC(Nc4ccc(F)cc4)=C(C=N)CC3(C=O)C2)c1. The average molecular weight is 440 g/mol. The number of rotatable bonds is 6. The second-order valence-corrected chi connectivity index (χ2v) is 9.17. The summed E-state index contributed by atoms with van der Waals surface area (Å²) < 4.78 is 29.1. The normalized spacial score (nSPS) is 21.3. The van der Waals surface area contributed by atoms with Crippen LogP contribution in [0.15, 0.2) is 70.3 Å². The van der Waals surface area contributed by atoms with Gasteiger partial charge in [-0.15, -0.1) is 0 Å². The number of hydrogen-bond donors (Lipinski definition) is 2. The number of anilines is 1. The Hall–Kier alpha value is -2.77. The van der Waals surface area contributed by atoms with Crippen LogP contribution in [0.2, 0.25) is 0 Å². The van der Waals surface area contributed by atoms with E-state index in [4.69, 9.17) is 5.41 Å². The first-order valence-corrected chi connectivity index (χ1v) is 10.8. The molecule has 1 atom stereocenters. The van der Waals surface area contributed by atoms with Crippen molar-refractivity contribution in [3.05, 3.63) is 82.6 Å². The van der Waals surface area contributed by atoms with E-state index in [0.717, 1.165) is 40.2 Å². The molecule has 1 fully saturated rings. The first kappa shape index (κ1) is 21.5. The summed E-state index contributed by atoms with van der Waals surface area (Å²) in [7, 11) is 0. The minimum atomic E-state index is -0.714. The van der Waals surface area contributed by atoms with Gasteiger partial charge in [-0.3, -0.25) is 0 Å². The molecule has 31 heavy (non-hydrogen) atoms. The summed E-state index contributed by atoms with van der Waals surface area (Å²) in [6.07, 6.45) is 5.32. The Morgan fingerprint density at radius 2 is 1.94 bits per heavy atom. The third-order valence-corrected chi connectivity index (χ3v) is 6.69. The van der Waals surface area contributed by atoms with Crippen LogP contribution >= 0.6 is 11.9 Å². The number of hydrogen-bond acceptors (Lipinski definition) is 5. The predicted octanol–water partition coefficient (Wildman–Crippen LogP) is 5.52. The topological polar surface area (TPSA) is 56.2 Å². The van der Waals surface area contributed by atoms with Crippen molar-refractivity contribution in [2.45, 2.75) is 24.7 Å². The van der Waals surface area contributed by atoms with Gasteiger partial charge in [-0.05, 0) is 91.4 Å². The lowest BCUT2D eigenvalue weighted by molar-refractivity contribution is -0.115. The van der Waals surface area contributed by atoms with Gasteiger partial charge in [0.2, 0.25) is 0 Å². The summed E-state index contributed by atoms with van der Waals surface area (Å²) in [4.78, 5) is 13.1. The van der Waals surface area contributed by atoms with Gasteiger partial charge in [0, 0.05) is 35.6 Å². The van der Waals surface area contributed by atoms with E-state index in [0.29, 0.717) is 25.0 Å². The molecule has 2 aromatic carbocycles. The van der Waals surface area contributed by atoms with Crippen molar-refractivity contribution in [1.82, 2.24) is 4.31 Å². The maximum absolute atomic E-state index is 13.8. The highest BCUT2D eigenvalue weighted by atomic mass is 32.2. The Balaban J connectivity index is 1.56. The van der Waals surface area contributed by atoms with Gasteiger partial charge in [0.1, 0.15) is 17.9 Å². The number of aryl methyl sites for hydroxylation is 1. The Bertz CT molecular complexity index is 1060. The molecule has 4 nitrogen and oxygen atoms in total. The lowest BCUT2D eigenvalue weighted by Gasteiger charge is -2.43. The zero-order valence-electron chi connectivity index (χ0n) is 17.1. The molecule has 0 amide bonds. The molecule has 0 saturated carbocycles. The Kier molecular flexibility index (Phi) is 6.07. The van der Waals surface area contributed by atoms with Gasteiger partial charge >= 0.3 is 0 Å². The largest absolute Gasteiger partial charge is 0.355 e. The Morgan fingerprint density at radius 1 is 1.16 bits per heavy atom. The Morgan fingerprint density at radius 3 is 2.61 bits per heavy atom. The van der Waals surface area contributed by atoms with E-state index in [9.17, 15) is 13.6 Å². The molecule has 4 rings (SSSR count). The molecule has 2 aromatic rings. The number of nitrogens with zero attached hydrogens (tertiary/aromatic N) is 1. The minimum absolute atomic E-state index is 0.270. The minimum Gasteiger partial charge on any atom is -0.355 e. The van der Waals surface area contributed by atoms with Crippen molar-refractivity contribution in [1.29, 1.82) is 5.41 Å². The van der Waals surface area contributed by atoms with Gasteiger partial charge in [0.25, 0.3) is 0 Å². The lowest BCUT2D eigenvalue weighted by atomic mass is 9.69. The van der Waals surface area contributed by atoms with Crippen LogP contribution < -0.4 is 5.32 Å². The maximum Gasteiger partial charge on any atom is 0.131 e. The van der Waals surface area contributed by atoms with Crippen LogP contribution in [0.1, 0.15) is 18.4 Å². The van der Waals surface area contributed by atoms with Gasteiger partial charge in [-0.1, -0.05) is 5.57 Å². The van der Waals surface area contributed by atoms with Gasteiger partial charge in [-0.2, -0.15) is 0 Å². The fourth-order valence-electron chi connectivity index (χ4n) is 4.15. The summed E-state index contributed by atoms with van der Waals surface area (Å²) in [5.74, 6) is -0.583. The highest BCUT2D eigenvalue weighted by molar-refractivity contribution is 7.97. The third kappa shape index (κ3) is 4.62. The van der Waals surface area contributed by atoms with Crippen LogP contribution in [-0.4, -0.2) is 29.9 Å². The lowest BCUT2D eigenvalue weighted by Crippen LogP contribution is -2.44. The van der Waals surface area contributed by atoms with Crippen molar-refractivity contribution in [3.63, 3.8) is 0 Å². The van der Waals surface area contributed by atoms with E-state index in [-0.39, 0.29) is 11.6 Å². The molecular formula is C24H23F2N3OS. The summed E-state index contributed by atoms with van der Waals surface area (Å²) in [5, 5.41) is 11.1. The van der Waals surface area contributed by atoms with Crippen molar-refractivity contribution >= 4 is 30.1 Å². The van der Waals surface area contributed by atoms with E-state index in [1.54, 1.807) is 12.1 Å². The molecule has 1 saturated heterocycles. The summed E-state index contributed by atoms with van der Waals surface area (Å²) in [5.41, 5.74) is 3.36. The van der Waals surface area contributed by atoms with E-state index in [1.165, 1.54) is 42.4 Å². The van der Waals surface area contributed by atoms with E-state index in [1.807, 2.05) is 19.1 Å². The molecule has 0 radical (unpaired) electrons. The monoisotopic (exact) mass is 439 g/mol. The first-order valence-electron chi connectivity index (χ1n) is 10.0. The summed E-state index contributed by atoms with van der Waals surface area (Å²) in [6.45, 7) is 3.07. The quantitative estimate of drug-likeness (QED) is 0.354. The third-order valence-electron chi connectivity index (χ3n) is 5.67. The highest BCUT2D eigenvalue weighted by Crippen LogP contribution is 2.45. The van der Waals surface area contributed by atoms with Crippen molar-refractivity contribution in [2.24, 2.45) is 5.41 Å². The smallest absolute Gasteiger partial charge is 0.131 e.